The van der Waals surface area contributed by atoms with Crippen molar-refractivity contribution in [2.75, 3.05) is 24.0 Å². The maximum Gasteiger partial charge on any atom is 0.136 e. The van der Waals surface area contributed by atoms with Crippen molar-refractivity contribution in [3.63, 3.8) is 0 Å². The van der Waals surface area contributed by atoms with Gasteiger partial charge in [-0.15, -0.1) is 0 Å². The summed E-state index contributed by atoms with van der Waals surface area (Å²) in [4.78, 5) is 4.60. The first-order chi connectivity index (χ1) is 26.5. The standard InChI is InChI=1S/C50H40N2O2/c1-33-13-11-19-41(29-33)51(37-15-7-5-8-16-37)39-25-21-35(22-26-39)43-31-45-48-44(32-46(49(45)53-3)47(43)50(48)54-4)36-23-27-40(28-24-36)52(38-17-9-6-10-18-38)42-20-12-14-34(2)30-42/h5-32H,1-4H3. The Hall–Kier alpha value is -6.78. The molecule has 0 saturated heterocycles. The van der Waals surface area contributed by atoms with E-state index >= 15 is 0 Å². The maximum absolute atomic E-state index is 6.27. The van der Waals surface area contributed by atoms with Gasteiger partial charge in [-0.05, 0) is 132 Å². The average Bonchev–Trinajstić information content (AvgIpc) is 3.21. The Kier molecular flexibility index (Phi) is 8.36. The van der Waals surface area contributed by atoms with Crippen LogP contribution in [-0.4, -0.2) is 14.2 Å². The van der Waals surface area contributed by atoms with E-state index in [1.54, 1.807) is 14.2 Å². The number of fused-ring (bicyclic) bond motifs is 2. The van der Waals surface area contributed by atoms with Crippen LogP contribution < -0.4 is 19.3 Å². The molecule has 0 aliphatic rings. The lowest BCUT2D eigenvalue weighted by molar-refractivity contribution is 0.417. The van der Waals surface area contributed by atoms with Crippen LogP contribution in [0.3, 0.4) is 0 Å². The minimum absolute atomic E-state index is 0.889. The highest BCUT2D eigenvalue weighted by Gasteiger charge is 2.28. The summed E-state index contributed by atoms with van der Waals surface area (Å²) in [5.41, 5.74) is 13.6. The summed E-state index contributed by atoms with van der Waals surface area (Å²) in [6.07, 6.45) is 0. The summed E-state index contributed by atoms with van der Waals surface area (Å²) < 4.78 is 12.3. The zero-order valence-electron chi connectivity index (χ0n) is 30.9. The van der Waals surface area contributed by atoms with Gasteiger partial charge in [0.1, 0.15) is 11.5 Å². The fraction of sp³-hybridized carbons (Fsp3) is 0.0800. The molecule has 0 aromatic heterocycles. The second-order valence-corrected chi connectivity index (χ2v) is 13.9. The normalized spacial score (nSPS) is 11.3. The van der Waals surface area contributed by atoms with Crippen LogP contribution in [0.1, 0.15) is 11.1 Å². The molecule has 4 heteroatoms. The molecule has 0 unspecified atom stereocenters. The van der Waals surface area contributed by atoms with Crippen LogP contribution >= 0.6 is 0 Å². The topological polar surface area (TPSA) is 24.9 Å². The Labute approximate surface area is 316 Å². The first-order valence-corrected chi connectivity index (χ1v) is 18.3. The number of nitrogens with zero attached hydrogens (tertiary/aromatic N) is 2. The average molecular weight is 701 g/mol. The molecule has 0 heterocycles. The van der Waals surface area contributed by atoms with Gasteiger partial charge in [0.2, 0.25) is 0 Å². The predicted molar refractivity (Wildman–Crippen MR) is 227 cm³/mol. The van der Waals surface area contributed by atoms with Gasteiger partial charge in [0.25, 0.3) is 0 Å². The molecule has 4 nitrogen and oxygen atoms in total. The van der Waals surface area contributed by atoms with Crippen molar-refractivity contribution in [3.8, 4) is 33.8 Å². The summed E-state index contributed by atoms with van der Waals surface area (Å²) in [5, 5.41) is 4.24. The van der Waals surface area contributed by atoms with E-state index in [1.807, 2.05) is 0 Å². The molecule has 0 atom stereocenters. The molecule has 0 aliphatic heterocycles. The van der Waals surface area contributed by atoms with Crippen LogP contribution in [0, 0.1) is 13.8 Å². The van der Waals surface area contributed by atoms with Crippen molar-refractivity contribution in [1.29, 1.82) is 0 Å². The Bertz CT molecular complexity index is 2500. The van der Waals surface area contributed by atoms with Crippen LogP contribution in [0.4, 0.5) is 34.1 Å². The van der Waals surface area contributed by atoms with E-state index in [0.717, 1.165) is 89.4 Å². The smallest absolute Gasteiger partial charge is 0.136 e. The lowest BCUT2D eigenvalue weighted by Gasteiger charge is -2.27. The fourth-order valence-corrected chi connectivity index (χ4v) is 8.03. The van der Waals surface area contributed by atoms with Gasteiger partial charge < -0.3 is 19.3 Å². The highest BCUT2D eigenvalue weighted by Crippen LogP contribution is 2.55. The molecule has 0 amide bonds. The minimum Gasteiger partial charge on any atom is -0.495 e. The number of ether oxygens (including phenoxy) is 2. The molecule has 0 radical (unpaired) electrons. The number of hydrogen-bond acceptors (Lipinski definition) is 4. The quantitative estimate of drug-likeness (QED) is 0.142. The lowest BCUT2D eigenvalue weighted by Crippen LogP contribution is -2.10. The first kappa shape index (κ1) is 33.1. The molecular formula is C50H40N2O2. The van der Waals surface area contributed by atoms with Gasteiger partial charge >= 0.3 is 0 Å². The van der Waals surface area contributed by atoms with Crippen molar-refractivity contribution >= 4 is 55.7 Å². The molecule has 4 bridgehead atoms. The monoisotopic (exact) mass is 700 g/mol. The van der Waals surface area contributed by atoms with E-state index in [9.17, 15) is 0 Å². The Morgan fingerprint density at radius 1 is 0.352 bits per heavy atom. The Morgan fingerprint density at radius 2 is 0.722 bits per heavy atom. The molecule has 262 valence electrons. The third kappa shape index (κ3) is 5.64. The molecule has 0 fully saturated rings. The fourth-order valence-electron chi connectivity index (χ4n) is 8.03. The molecule has 11 rings (SSSR count). The summed E-state index contributed by atoms with van der Waals surface area (Å²) in [7, 11) is 3.54. The van der Waals surface area contributed by atoms with E-state index in [1.165, 1.54) is 11.1 Å². The molecule has 0 aliphatic carbocycles. The first-order valence-electron chi connectivity index (χ1n) is 18.3. The third-order valence-corrected chi connectivity index (χ3v) is 10.4. The van der Waals surface area contributed by atoms with Crippen molar-refractivity contribution in [3.05, 3.63) is 181 Å². The predicted octanol–water partition coefficient (Wildman–Crippen LogP) is 13.8. The molecule has 0 saturated carbocycles. The van der Waals surface area contributed by atoms with Crippen molar-refractivity contribution in [2.24, 2.45) is 0 Å². The molecule has 0 spiro atoms. The number of benzene rings is 11. The molecule has 54 heavy (non-hydrogen) atoms. The Morgan fingerprint density at radius 3 is 1.09 bits per heavy atom. The van der Waals surface area contributed by atoms with Gasteiger partial charge in [0.05, 0.1) is 14.2 Å². The number of methoxy groups -OCH3 is 2. The van der Waals surface area contributed by atoms with E-state index in [2.05, 4.69) is 194 Å². The van der Waals surface area contributed by atoms with Crippen LogP contribution in [0.5, 0.6) is 11.5 Å². The van der Waals surface area contributed by atoms with Gasteiger partial charge in [0.15, 0.2) is 0 Å². The molecule has 11 aromatic rings. The summed E-state index contributed by atoms with van der Waals surface area (Å²) >= 11 is 0. The van der Waals surface area contributed by atoms with Crippen LogP contribution in [-0.2, 0) is 0 Å². The van der Waals surface area contributed by atoms with Crippen LogP contribution in [0.25, 0.3) is 43.8 Å². The van der Waals surface area contributed by atoms with E-state index in [0.29, 0.717) is 0 Å². The molecule has 0 N–H and O–H groups in total. The zero-order valence-corrected chi connectivity index (χ0v) is 30.9. The van der Waals surface area contributed by atoms with E-state index in [-0.39, 0.29) is 0 Å². The maximum atomic E-state index is 6.27. The summed E-state index contributed by atoms with van der Waals surface area (Å²) in [6.45, 7) is 4.27. The van der Waals surface area contributed by atoms with Gasteiger partial charge in [-0.1, -0.05) is 84.9 Å². The lowest BCUT2D eigenvalue weighted by atomic mass is 9.83. The highest BCUT2D eigenvalue weighted by atomic mass is 16.5. The second-order valence-electron chi connectivity index (χ2n) is 13.9. The van der Waals surface area contributed by atoms with Crippen LogP contribution in [0.15, 0.2) is 170 Å². The second kappa shape index (κ2) is 13.6. The van der Waals surface area contributed by atoms with Gasteiger partial charge in [-0.3, -0.25) is 0 Å². The van der Waals surface area contributed by atoms with Crippen LogP contribution in [0.2, 0.25) is 0 Å². The Balaban J connectivity index is 1.11. The molecular weight excluding hydrogens is 661 g/mol. The summed E-state index contributed by atoms with van der Waals surface area (Å²) in [6, 6.07) is 60.6. The van der Waals surface area contributed by atoms with Crippen molar-refractivity contribution in [1.82, 2.24) is 0 Å². The van der Waals surface area contributed by atoms with Gasteiger partial charge in [-0.25, -0.2) is 0 Å². The van der Waals surface area contributed by atoms with Gasteiger partial charge in [-0.2, -0.15) is 0 Å². The third-order valence-electron chi connectivity index (χ3n) is 10.4. The number of rotatable bonds is 10. The number of aryl methyl sites for hydroxylation is 2. The van der Waals surface area contributed by atoms with E-state index in [4.69, 9.17) is 9.47 Å². The number of para-hydroxylation sites is 2. The number of hydrogen-bond donors (Lipinski definition) is 0. The largest absolute Gasteiger partial charge is 0.495 e. The minimum atomic E-state index is 0.889. The highest BCUT2D eigenvalue weighted by molar-refractivity contribution is 6.25. The van der Waals surface area contributed by atoms with E-state index < -0.39 is 0 Å². The summed E-state index contributed by atoms with van der Waals surface area (Å²) in [5.74, 6) is 1.78. The van der Waals surface area contributed by atoms with Crippen molar-refractivity contribution < 1.29 is 9.47 Å². The zero-order chi connectivity index (χ0) is 36.8. The van der Waals surface area contributed by atoms with Gasteiger partial charge in [0, 0.05) is 55.7 Å². The van der Waals surface area contributed by atoms with Crippen molar-refractivity contribution in [2.45, 2.75) is 13.8 Å². The molecule has 11 aromatic carbocycles. The number of anilines is 6. The SMILES string of the molecule is COc1c2cc(-c3ccc(N(c4ccccc4)c4cccc(C)c4)cc3)c3c(OC)c2c(-c2ccc(N(c4ccccc4)c4cccc(C)c4)cc2)cc13.